The molecule has 0 aliphatic heterocycles. The normalized spacial score (nSPS) is 10.4. The fourth-order valence-electron chi connectivity index (χ4n) is 2.87. The third-order valence-electron chi connectivity index (χ3n) is 4.30. The van der Waals surface area contributed by atoms with Crippen molar-refractivity contribution in [1.82, 2.24) is 0 Å². The first kappa shape index (κ1) is 20.0. The first-order chi connectivity index (χ1) is 14.2. The zero-order valence-corrected chi connectivity index (χ0v) is 15.7. The smallest absolute Gasteiger partial charge is 0.338 e. The van der Waals surface area contributed by atoms with E-state index in [-0.39, 0.29) is 24.2 Å². The van der Waals surface area contributed by atoms with Gasteiger partial charge in [-0.1, -0.05) is 78.9 Å². The predicted octanol–water partition coefficient (Wildman–Crippen LogP) is 4.38. The van der Waals surface area contributed by atoms with Gasteiger partial charge in [-0.05, 0) is 17.2 Å². The molecule has 0 saturated carbocycles. The van der Waals surface area contributed by atoms with Gasteiger partial charge in [0, 0.05) is 5.56 Å². The van der Waals surface area contributed by atoms with Crippen LogP contribution in [0.1, 0.15) is 44.4 Å². The summed E-state index contributed by atoms with van der Waals surface area (Å²) in [7, 11) is 0. The van der Waals surface area contributed by atoms with E-state index in [4.69, 9.17) is 9.47 Å². The standard InChI is InChI=1S/C24H20O5/c25-17-20-13-7-8-14-21(20)24(27)28-16-15-22(26)29-23(18-9-3-1-4-10-18)19-11-5-2-6-12-19/h1-14,17,23H,15-16H2. The molecule has 0 unspecified atom stereocenters. The SMILES string of the molecule is O=Cc1ccccc1C(=O)OCCC(=O)OC(c1ccccc1)c1ccccc1. The zero-order chi connectivity index (χ0) is 20.5. The van der Waals surface area contributed by atoms with Crippen molar-refractivity contribution in [3.8, 4) is 0 Å². The van der Waals surface area contributed by atoms with Gasteiger partial charge in [-0.25, -0.2) is 4.79 Å². The van der Waals surface area contributed by atoms with Crippen LogP contribution < -0.4 is 0 Å². The minimum atomic E-state index is -0.650. The van der Waals surface area contributed by atoms with E-state index in [1.54, 1.807) is 12.1 Å². The summed E-state index contributed by atoms with van der Waals surface area (Å²) in [6.45, 7) is -0.138. The van der Waals surface area contributed by atoms with Gasteiger partial charge in [0.15, 0.2) is 12.4 Å². The highest BCUT2D eigenvalue weighted by atomic mass is 16.6. The van der Waals surface area contributed by atoms with Crippen molar-refractivity contribution in [1.29, 1.82) is 0 Å². The third kappa shape index (κ3) is 5.39. The van der Waals surface area contributed by atoms with Crippen molar-refractivity contribution in [2.24, 2.45) is 0 Å². The van der Waals surface area contributed by atoms with Gasteiger partial charge >= 0.3 is 11.9 Å². The molecule has 5 heteroatoms. The van der Waals surface area contributed by atoms with Gasteiger partial charge < -0.3 is 9.47 Å². The Hall–Kier alpha value is -3.73. The Kier molecular flexibility index (Phi) is 6.90. The van der Waals surface area contributed by atoms with Gasteiger partial charge in [-0.15, -0.1) is 0 Å². The molecular formula is C24H20O5. The molecule has 29 heavy (non-hydrogen) atoms. The first-order valence-electron chi connectivity index (χ1n) is 9.19. The van der Waals surface area contributed by atoms with Crippen LogP contribution in [0.25, 0.3) is 0 Å². The van der Waals surface area contributed by atoms with Gasteiger partial charge in [0.1, 0.15) is 6.61 Å². The van der Waals surface area contributed by atoms with Crippen LogP contribution in [-0.2, 0) is 14.3 Å². The Morgan fingerprint density at radius 1 is 0.793 bits per heavy atom. The Balaban J connectivity index is 1.61. The molecule has 0 saturated heterocycles. The van der Waals surface area contributed by atoms with Crippen molar-refractivity contribution in [2.45, 2.75) is 12.5 Å². The lowest BCUT2D eigenvalue weighted by atomic mass is 10.0. The molecule has 0 spiro atoms. The topological polar surface area (TPSA) is 69.7 Å². The molecule has 0 aromatic heterocycles. The van der Waals surface area contributed by atoms with Crippen molar-refractivity contribution in [2.75, 3.05) is 6.61 Å². The fraction of sp³-hybridized carbons (Fsp3) is 0.125. The summed E-state index contributed by atoms with van der Waals surface area (Å²) in [5.41, 5.74) is 2.11. The second-order valence-electron chi connectivity index (χ2n) is 6.28. The Labute approximate surface area is 168 Å². The van der Waals surface area contributed by atoms with Gasteiger partial charge in [0.05, 0.1) is 12.0 Å². The summed E-state index contributed by atoms with van der Waals surface area (Å²) in [5, 5.41) is 0. The van der Waals surface area contributed by atoms with Crippen LogP contribution in [0.5, 0.6) is 0 Å². The Bertz CT molecular complexity index is 927. The van der Waals surface area contributed by atoms with Crippen LogP contribution in [0.15, 0.2) is 84.9 Å². The maximum Gasteiger partial charge on any atom is 0.338 e. The minimum absolute atomic E-state index is 0.0921. The number of aldehydes is 1. The molecule has 0 fully saturated rings. The number of rotatable bonds is 8. The number of carbonyl (C=O) groups excluding carboxylic acids is 3. The molecule has 0 radical (unpaired) electrons. The molecule has 0 N–H and O–H groups in total. The monoisotopic (exact) mass is 388 g/mol. The van der Waals surface area contributed by atoms with Gasteiger partial charge in [0.25, 0.3) is 0 Å². The average molecular weight is 388 g/mol. The molecule has 146 valence electrons. The highest BCUT2D eigenvalue weighted by molar-refractivity contribution is 5.98. The molecule has 0 aliphatic rings. The van der Waals surface area contributed by atoms with Crippen LogP contribution in [0, 0.1) is 0 Å². The van der Waals surface area contributed by atoms with E-state index in [0.717, 1.165) is 11.1 Å². The van der Waals surface area contributed by atoms with Crippen molar-refractivity contribution >= 4 is 18.2 Å². The summed E-state index contributed by atoms with van der Waals surface area (Å²) in [6.07, 6.45) is -0.0447. The van der Waals surface area contributed by atoms with Gasteiger partial charge in [0.2, 0.25) is 0 Å². The predicted molar refractivity (Wildman–Crippen MR) is 108 cm³/mol. The lowest BCUT2D eigenvalue weighted by Crippen LogP contribution is -2.16. The van der Waals surface area contributed by atoms with E-state index in [2.05, 4.69) is 0 Å². The quantitative estimate of drug-likeness (QED) is 0.423. The average Bonchev–Trinajstić information content (AvgIpc) is 2.78. The first-order valence-corrected chi connectivity index (χ1v) is 9.19. The summed E-state index contributed by atoms with van der Waals surface area (Å²) in [5.74, 6) is -1.14. The van der Waals surface area contributed by atoms with E-state index < -0.39 is 18.0 Å². The van der Waals surface area contributed by atoms with E-state index in [1.165, 1.54) is 12.1 Å². The maximum absolute atomic E-state index is 12.4. The molecule has 3 aromatic rings. The third-order valence-corrected chi connectivity index (χ3v) is 4.30. The Morgan fingerprint density at radius 2 is 1.34 bits per heavy atom. The molecule has 3 rings (SSSR count). The van der Waals surface area contributed by atoms with Crippen LogP contribution in [0.4, 0.5) is 0 Å². The Morgan fingerprint density at radius 3 is 1.93 bits per heavy atom. The molecule has 0 amide bonds. The number of carbonyl (C=O) groups is 3. The number of hydrogen-bond donors (Lipinski definition) is 0. The fourth-order valence-corrected chi connectivity index (χ4v) is 2.87. The molecule has 0 bridgehead atoms. The summed E-state index contributed by atoms with van der Waals surface area (Å²) in [4.78, 5) is 35.5. The minimum Gasteiger partial charge on any atom is -0.461 e. The molecular weight excluding hydrogens is 368 g/mol. The second kappa shape index (κ2) is 9.99. The number of esters is 2. The van der Waals surface area contributed by atoms with E-state index in [1.807, 2.05) is 60.7 Å². The van der Waals surface area contributed by atoms with Crippen LogP contribution >= 0.6 is 0 Å². The number of benzene rings is 3. The lowest BCUT2D eigenvalue weighted by Gasteiger charge is -2.19. The van der Waals surface area contributed by atoms with E-state index in [0.29, 0.717) is 6.29 Å². The molecule has 5 nitrogen and oxygen atoms in total. The lowest BCUT2D eigenvalue weighted by molar-refractivity contribution is -0.148. The van der Waals surface area contributed by atoms with Crippen molar-refractivity contribution in [3.05, 3.63) is 107 Å². The van der Waals surface area contributed by atoms with Crippen LogP contribution in [0.3, 0.4) is 0 Å². The van der Waals surface area contributed by atoms with E-state index in [9.17, 15) is 14.4 Å². The van der Waals surface area contributed by atoms with Gasteiger partial charge in [-0.3, -0.25) is 9.59 Å². The van der Waals surface area contributed by atoms with Crippen LogP contribution in [0.2, 0.25) is 0 Å². The second-order valence-corrected chi connectivity index (χ2v) is 6.28. The highest BCUT2D eigenvalue weighted by Gasteiger charge is 2.19. The molecule has 0 atom stereocenters. The summed E-state index contributed by atoms with van der Waals surface area (Å²) in [6, 6.07) is 25.2. The van der Waals surface area contributed by atoms with Crippen LogP contribution in [-0.4, -0.2) is 24.8 Å². The molecule has 0 aliphatic carbocycles. The number of hydrogen-bond acceptors (Lipinski definition) is 5. The molecule has 0 heterocycles. The molecule has 3 aromatic carbocycles. The maximum atomic E-state index is 12.4. The van der Waals surface area contributed by atoms with Crippen molar-refractivity contribution < 1.29 is 23.9 Å². The van der Waals surface area contributed by atoms with E-state index >= 15 is 0 Å². The van der Waals surface area contributed by atoms with Crippen molar-refractivity contribution in [3.63, 3.8) is 0 Å². The van der Waals surface area contributed by atoms with Gasteiger partial charge in [-0.2, -0.15) is 0 Å². The highest BCUT2D eigenvalue weighted by Crippen LogP contribution is 2.26. The number of ether oxygens (including phenoxy) is 2. The largest absolute Gasteiger partial charge is 0.461 e. The summed E-state index contributed by atoms with van der Waals surface area (Å²) >= 11 is 0. The summed E-state index contributed by atoms with van der Waals surface area (Å²) < 4.78 is 10.8. The zero-order valence-electron chi connectivity index (χ0n) is 15.7.